The molecule has 1 saturated heterocycles. The summed E-state index contributed by atoms with van der Waals surface area (Å²) in [4.78, 5) is 0. The zero-order valence-corrected chi connectivity index (χ0v) is 9.60. The Morgan fingerprint density at radius 2 is 2.12 bits per heavy atom. The lowest BCUT2D eigenvalue weighted by molar-refractivity contribution is 0.107. The van der Waals surface area contributed by atoms with Gasteiger partial charge in [-0.15, -0.1) is 0 Å². The van der Waals surface area contributed by atoms with E-state index in [4.69, 9.17) is 4.74 Å². The summed E-state index contributed by atoms with van der Waals surface area (Å²) in [5.41, 5.74) is 1.26. The predicted molar refractivity (Wildman–Crippen MR) is 63.1 cm³/mol. The molecule has 3 heteroatoms. The Morgan fingerprint density at radius 3 is 2.81 bits per heavy atom. The molecule has 3 nitrogen and oxygen atoms in total. The van der Waals surface area contributed by atoms with Crippen LogP contribution in [-0.2, 0) is 11.3 Å². The van der Waals surface area contributed by atoms with Crippen molar-refractivity contribution in [3.05, 3.63) is 35.9 Å². The van der Waals surface area contributed by atoms with Gasteiger partial charge < -0.3 is 15.2 Å². The van der Waals surface area contributed by atoms with Crippen LogP contribution in [0.2, 0.25) is 0 Å². The van der Waals surface area contributed by atoms with Gasteiger partial charge in [-0.2, -0.15) is 0 Å². The molecule has 2 N–H and O–H groups in total. The Hall–Kier alpha value is -0.900. The molecule has 1 aromatic carbocycles. The molecule has 88 valence electrons. The van der Waals surface area contributed by atoms with Crippen LogP contribution in [0.15, 0.2) is 30.3 Å². The van der Waals surface area contributed by atoms with Gasteiger partial charge in [0, 0.05) is 25.1 Å². The highest BCUT2D eigenvalue weighted by Gasteiger charge is 2.33. The number of hydrogen-bond acceptors (Lipinski definition) is 3. The molecule has 0 aromatic heterocycles. The Balaban J connectivity index is 1.89. The number of aliphatic hydroxyl groups is 1. The summed E-state index contributed by atoms with van der Waals surface area (Å²) in [5, 5.41) is 12.7. The molecular formula is C13H19NO2. The minimum atomic E-state index is 0.181. The summed E-state index contributed by atoms with van der Waals surface area (Å²) in [6, 6.07) is 10.5. The normalized spacial score (nSPS) is 29.5. The third-order valence-electron chi connectivity index (χ3n) is 3.21. The van der Waals surface area contributed by atoms with E-state index in [0.717, 1.165) is 6.54 Å². The van der Waals surface area contributed by atoms with Gasteiger partial charge in [0.1, 0.15) is 0 Å². The third kappa shape index (κ3) is 2.61. The van der Waals surface area contributed by atoms with Crippen molar-refractivity contribution in [2.45, 2.75) is 25.6 Å². The quantitative estimate of drug-likeness (QED) is 0.802. The van der Waals surface area contributed by atoms with E-state index < -0.39 is 0 Å². The zero-order chi connectivity index (χ0) is 11.4. The van der Waals surface area contributed by atoms with E-state index in [1.54, 1.807) is 0 Å². The summed E-state index contributed by atoms with van der Waals surface area (Å²) in [5.74, 6) is 0.221. The van der Waals surface area contributed by atoms with Gasteiger partial charge in [0.15, 0.2) is 0 Å². The van der Waals surface area contributed by atoms with E-state index in [-0.39, 0.29) is 24.7 Å². The van der Waals surface area contributed by atoms with Crippen LogP contribution in [0.4, 0.5) is 0 Å². The van der Waals surface area contributed by atoms with Crippen LogP contribution in [0.1, 0.15) is 12.5 Å². The first-order valence-corrected chi connectivity index (χ1v) is 5.81. The van der Waals surface area contributed by atoms with Crippen molar-refractivity contribution in [3.63, 3.8) is 0 Å². The van der Waals surface area contributed by atoms with Gasteiger partial charge in [0.05, 0.1) is 12.7 Å². The van der Waals surface area contributed by atoms with Crippen molar-refractivity contribution in [1.29, 1.82) is 0 Å². The van der Waals surface area contributed by atoms with Gasteiger partial charge in [-0.1, -0.05) is 30.3 Å². The molecule has 1 heterocycles. The summed E-state index contributed by atoms with van der Waals surface area (Å²) >= 11 is 0. The first-order chi connectivity index (χ1) is 7.81. The summed E-state index contributed by atoms with van der Waals surface area (Å²) < 4.78 is 5.53. The van der Waals surface area contributed by atoms with Crippen molar-refractivity contribution >= 4 is 0 Å². The largest absolute Gasteiger partial charge is 0.396 e. The first-order valence-electron chi connectivity index (χ1n) is 5.81. The average molecular weight is 221 g/mol. The monoisotopic (exact) mass is 221 g/mol. The number of hydrogen-bond donors (Lipinski definition) is 2. The van der Waals surface area contributed by atoms with Crippen molar-refractivity contribution < 1.29 is 9.84 Å². The molecule has 16 heavy (non-hydrogen) atoms. The maximum atomic E-state index is 9.23. The van der Waals surface area contributed by atoms with Crippen LogP contribution in [0.3, 0.4) is 0 Å². The molecule has 0 amide bonds. The number of rotatable bonds is 4. The van der Waals surface area contributed by atoms with Crippen LogP contribution >= 0.6 is 0 Å². The van der Waals surface area contributed by atoms with Gasteiger partial charge in [-0.05, 0) is 12.5 Å². The fourth-order valence-electron chi connectivity index (χ4n) is 2.20. The van der Waals surface area contributed by atoms with Crippen LogP contribution < -0.4 is 5.32 Å². The molecule has 0 saturated carbocycles. The van der Waals surface area contributed by atoms with Crippen LogP contribution in [0.25, 0.3) is 0 Å². The van der Waals surface area contributed by atoms with Gasteiger partial charge >= 0.3 is 0 Å². The minimum Gasteiger partial charge on any atom is -0.396 e. The van der Waals surface area contributed by atoms with E-state index in [1.807, 2.05) is 18.2 Å². The Labute approximate surface area is 96.4 Å². The van der Waals surface area contributed by atoms with Gasteiger partial charge in [0.25, 0.3) is 0 Å². The van der Waals surface area contributed by atoms with E-state index in [0.29, 0.717) is 6.61 Å². The van der Waals surface area contributed by atoms with Crippen LogP contribution in [0, 0.1) is 5.92 Å². The number of aliphatic hydroxyl groups excluding tert-OH is 1. The molecule has 1 aliphatic heterocycles. The molecule has 3 atom stereocenters. The highest BCUT2D eigenvalue weighted by molar-refractivity contribution is 5.14. The second-order valence-electron chi connectivity index (χ2n) is 4.37. The van der Waals surface area contributed by atoms with Gasteiger partial charge in [-0.3, -0.25) is 0 Å². The molecule has 0 bridgehead atoms. The number of ether oxygens (including phenoxy) is 1. The van der Waals surface area contributed by atoms with Crippen molar-refractivity contribution in [2.75, 3.05) is 13.2 Å². The van der Waals surface area contributed by atoms with Gasteiger partial charge in [-0.25, -0.2) is 0 Å². The fraction of sp³-hybridized carbons (Fsp3) is 0.538. The Kier molecular flexibility index (Phi) is 3.93. The minimum absolute atomic E-state index is 0.181. The fourth-order valence-corrected chi connectivity index (χ4v) is 2.20. The Bertz CT molecular complexity index is 315. The highest BCUT2D eigenvalue weighted by Crippen LogP contribution is 2.20. The maximum absolute atomic E-state index is 9.23. The molecule has 2 rings (SSSR count). The number of benzene rings is 1. The lowest BCUT2D eigenvalue weighted by atomic mass is 10.00. The zero-order valence-electron chi connectivity index (χ0n) is 9.60. The van der Waals surface area contributed by atoms with Crippen LogP contribution in [0.5, 0.6) is 0 Å². The second kappa shape index (κ2) is 5.43. The molecule has 1 aromatic rings. The van der Waals surface area contributed by atoms with E-state index in [9.17, 15) is 5.11 Å². The molecule has 0 unspecified atom stereocenters. The van der Waals surface area contributed by atoms with E-state index in [1.165, 1.54) is 5.56 Å². The summed E-state index contributed by atoms with van der Waals surface area (Å²) in [6.45, 7) is 3.73. The maximum Gasteiger partial charge on any atom is 0.0704 e. The lowest BCUT2D eigenvalue weighted by Crippen LogP contribution is -2.40. The molecule has 0 aliphatic carbocycles. The SMILES string of the molecule is C[C@@H]1OC[C@@H](CO)[C@H]1NCc1ccccc1. The number of nitrogens with one attached hydrogen (secondary N) is 1. The highest BCUT2D eigenvalue weighted by atomic mass is 16.5. The van der Waals surface area contributed by atoms with Crippen molar-refractivity contribution in [1.82, 2.24) is 5.32 Å². The molecule has 0 radical (unpaired) electrons. The summed E-state index contributed by atoms with van der Waals surface area (Å²) in [6.07, 6.45) is 0.181. The van der Waals surface area contributed by atoms with E-state index in [2.05, 4.69) is 24.4 Å². The standard InChI is InChI=1S/C13H19NO2/c1-10-13(12(8-15)9-16-10)14-7-11-5-3-2-4-6-11/h2-6,10,12-15H,7-9H2,1H3/t10-,12+,13-/m0/s1. The average Bonchev–Trinajstić information content (AvgIpc) is 2.69. The van der Waals surface area contributed by atoms with Crippen molar-refractivity contribution in [2.24, 2.45) is 5.92 Å². The molecule has 0 spiro atoms. The predicted octanol–water partition coefficient (Wildman–Crippen LogP) is 1.17. The Morgan fingerprint density at radius 1 is 1.38 bits per heavy atom. The molecule has 1 aliphatic rings. The second-order valence-corrected chi connectivity index (χ2v) is 4.37. The van der Waals surface area contributed by atoms with E-state index >= 15 is 0 Å². The van der Waals surface area contributed by atoms with Crippen LogP contribution in [-0.4, -0.2) is 30.5 Å². The smallest absolute Gasteiger partial charge is 0.0704 e. The third-order valence-corrected chi connectivity index (χ3v) is 3.21. The first kappa shape index (κ1) is 11.6. The lowest BCUT2D eigenvalue weighted by Gasteiger charge is -2.20. The van der Waals surface area contributed by atoms with Gasteiger partial charge in [0.2, 0.25) is 0 Å². The van der Waals surface area contributed by atoms with Crippen molar-refractivity contribution in [3.8, 4) is 0 Å². The summed E-state index contributed by atoms with van der Waals surface area (Å²) in [7, 11) is 0. The molecular weight excluding hydrogens is 202 g/mol. The topological polar surface area (TPSA) is 41.5 Å². The molecule has 1 fully saturated rings.